The smallest absolute Gasteiger partial charge is 0.217 e. The molecule has 1 saturated heterocycles. The van der Waals surface area contributed by atoms with Gasteiger partial charge >= 0.3 is 0 Å². The van der Waals surface area contributed by atoms with Gasteiger partial charge in [0.1, 0.15) is 5.65 Å². The predicted octanol–water partition coefficient (Wildman–Crippen LogP) is 1.04. The Morgan fingerprint density at radius 3 is 3.12 bits per heavy atom. The molecule has 1 fully saturated rings. The Hall–Kier alpha value is -2.57. The lowest BCUT2D eigenvalue weighted by Crippen LogP contribution is -2.47. The van der Waals surface area contributed by atoms with Crippen LogP contribution in [0.1, 0.15) is 25.0 Å². The van der Waals surface area contributed by atoms with Gasteiger partial charge in [-0.3, -0.25) is 9.79 Å². The first kappa shape index (κ1) is 17.3. The lowest BCUT2D eigenvalue weighted by atomic mass is 9.95. The van der Waals surface area contributed by atoms with E-state index < -0.39 is 0 Å². The van der Waals surface area contributed by atoms with Crippen molar-refractivity contribution in [2.75, 3.05) is 26.7 Å². The molecule has 1 aliphatic rings. The quantitative estimate of drug-likeness (QED) is 0.628. The molecule has 3 N–H and O–H groups in total. The van der Waals surface area contributed by atoms with Crippen LogP contribution >= 0.6 is 0 Å². The Morgan fingerprint density at radius 2 is 2.36 bits per heavy atom. The van der Waals surface area contributed by atoms with Gasteiger partial charge in [0.15, 0.2) is 5.96 Å². The number of hydrogen-bond donors (Lipinski definition) is 2. The fourth-order valence-corrected chi connectivity index (χ4v) is 3.45. The Morgan fingerprint density at radius 1 is 1.48 bits per heavy atom. The van der Waals surface area contributed by atoms with E-state index in [9.17, 15) is 4.79 Å². The Bertz CT molecular complexity index is 720. The van der Waals surface area contributed by atoms with Crippen LogP contribution in [0.15, 0.2) is 35.6 Å². The predicted molar refractivity (Wildman–Crippen MR) is 98.4 cm³/mol. The molecule has 0 radical (unpaired) electrons. The fourth-order valence-electron chi connectivity index (χ4n) is 3.45. The molecular weight excluding hydrogens is 316 g/mol. The molecule has 1 aliphatic heterocycles. The van der Waals surface area contributed by atoms with Gasteiger partial charge in [0.25, 0.3) is 0 Å². The molecule has 1 unspecified atom stereocenters. The molecule has 0 bridgehead atoms. The Kier molecular flexibility index (Phi) is 5.53. The van der Waals surface area contributed by atoms with Gasteiger partial charge in [0, 0.05) is 51.9 Å². The summed E-state index contributed by atoms with van der Waals surface area (Å²) >= 11 is 0. The summed E-state index contributed by atoms with van der Waals surface area (Å²) in [5, 5.41) is 3.42. The van der Waals surface area contributed by atoms with Gasteiger partial charge in [-0.25, -0.2) is 4.98 Å². The number of carbonyl (C=O) groups is 1. The zero-order valence-corrected chi connectivity index (χ0v) is 14.7. The minimum Gasteiger partial charge on any atom is -0.370 e. The summed E-state index contributed by atoms with van der Waals surface area (Å²) in [5.41, 5.74) is 7.36. The highest BCUT2D eigenvalue weighted by Gasteiger charge is 2.23. The average molecular weight is 342 g/mol. The standard InChI is InChI=1S/C18H26N6O/c1-20-18(24-10-4-5-14(12-24)11-16(19)25)21-8-7-15-13-23-9-3-2-6-17(23)22-15/h2-3,6,9,13-14H,4-5,7-8,10-12H2,1H3,(H2,19,25)(H,20,21). The van der Waals surface area contributed by atoms with Crippen molar-refractivity contribution in [3.63, 3.8) is 0 Å². The topological polar surface area (TPSA) is 88.0 Å². The summed E-state index contributed by atoms with van der Waals surface area (Å²) in [4.78, 5) is 22.4. The maximum atomic E-state index is 11.2. The lowest BCUT2D eigenvalue weighted by Gasteiger charge is -2.34. The largest absolute Gasteiger partial charge is 0.370 e. The van der Waals surface area contributed by atoms with Crippen LogP contribution in [-0.2, 0) is 11.2 Å². The number of nitrogens with two attached hydrogens (primary N) is 1. The van der Waals surface area contributed by atoms with Crippen LogP contribution < -0.4 is 11.1 Å². The zero-order chi connectivity index (χ0) is 17.6. The number of pyridine rings is 1. The SMILES string of the molecule is CN=C(NCCc1cn2ccccc2n1)N1CCCC(CC(N)=O)C1. The summed E-state index contributed by atoms with van der Waals surface area (Å²) in [5.74, 6) is 0.989. The normalized spacial score (nSPS) is 18.5. The lowest BCUT2D eigenvalue weighted by molar-refractivity contribution is -0.119. The second-order valence-electron chi connectivity index (χ2n) is 6.55. The second kappa shape index (κ2) is 8.00. The third kappa shape index (κ3) is 4.49. The minimum atomic E-state index is -0.221. The van der Waals surface area contributed by atoms with Crippen molar-refractivity contribution in [1.29, 1.82) is 0 Å². The van der Waals surface area contributed by atoms with Crippen LogP contribution in [0.3, 0.4) is 0 Å². The highest BCUT2D eigenvalue weighted by Crippen LogP contribution is 2.19. The highest BCUT2D eigenvalue weighted by atomic mass is 16.1. The van der Waals surface area contributed by atoms with E-state index in [0.29, 0.717) is 12.3 Å². The first-order valence-electron chi connectivity index (χ1n) is 8.82. The van der Waals surface area contributed by atoms with Gasteiger partial charge in [-0.1, -0.05) is 6.07 Å². The van der Waals surface area contributed by atoms with Gasteiger partial charge in [-0.05, 0) is 30.9 Å². The molecule has 0 spiro atoms. The van der Waals surface area contributed by atoms with E-state index in [1.807, 2.05) is 28.8 Å². The van der Waals surface area contributed by atoms with Crippen LogP contribution in [0.25, 0.3) is 5.65 Å². The number of aromatic nitrogens is 2. The molecule has 1 amide bonds. The summed E-state index contributed by atoms with van der Waals surface area (Å²) in [6.45, 7) is 2.56. The third-order valence-electron chi connectivity index (χ3n) is 4.60. The molecule has 0 aromatic carbocycles. The molecule has 2 aromatic heterocycles. The molecule has 2 aromatic rings. The van der Waals surface area contributed by atoms with Crippen LogP contribution in [0.2, 0.25) is 0 Å². The van der Waals surface area contributed by atoms with E-state index in [2.05, 4.69) is 26.4 Å². The number of carbonyl (C=O) groups excluding carboxylic acids is 1. The number of guanidine groups is 1. The highest BCUT2D eigenvalue weighted by molar-refractivity contribution is 5.80. The molecule has 0 saturated carbocycles. The van der Waals surface area contributed by atoms with E-state index in [-0.39, 0.29) is 5.91 Å². The van der Waals surface area contributed by atoms with Crippen molar-refractivity contribution in [1.82, 2.24) is 19.6 Å². The number of rotatable bonds is 5. The summed E-state index contributed by atoms with van der Waals surface area (Å²) in [6.07, 6.45) is 7.46. The van der Waals surface area contributed by atoms with Gasteiger partial charge in [0.2, 0.25) is 5.91 Å². The molecule has 3 heterocycles. The summed E-state index contributed by atoms with van der Waals surface area (Å²) in [7, 11) is 1.80. The average Bonchev–Trinajstić information content (AvgIpc) is 3.01. The van der Waals surface area contributed by atoms with E-state index in [0.717, 1.165) is 56.2 Å². The monoisotopic (exact) mass is 342 g/mol. The van der Waals surface area contributed by atoms with Crippen LogP contribution in [-0.4, -0.2) is 52.8 Å². The molecule has 134 valence electrons. The van der Waals surface area contributed by atoms with Gasteiger partial charge in [-0.15, -0.1) is 0 Å². The van der Waals surface area contributed by atoms with Crippen molar-refractivity contribution in [2.24, 2.45) is 16.6 Å². The molecular formula is C18H26N6O. The summed E-state index contributed by atoms with van der Waals surface area (Å²) < 4.78 is 2.03. The number of nitrogens with zero attached hydrogens (tertiary/aromatic N) is 4. The number of piperidine rings is 1. The maximum Gasteiger partial charge on any atom is 0.217 e. The van der Waals surface area contributed by atoms with Gasteiger partial charge in [0.05, 0.1) is 5.69 Å². The number of fused-ring (bicyclic) bond motifs is 1. The zero-order valence-electron chi connectivity index (χ0n) is 14.7. The Labute approximate surface area is 147 Å². The number of primary amides is 1. The van der Waals surface area contributed by atoms with E-state index >= 15 is 0 Å². The fraction of sp³-hybridized carbons (Fsp3) is 0.500. The molecule has 1 atom stereocenters. The molecule has 7 nitrogen and oxygen atoms in total. The minimum absolute atomic E-state index is 0.221. The first-order valence-corrected chi connectivity index (χ1v) is 8.82. The third-order valence-corrected chi connectivity index (χ3v) is 4.60. The van der Waals surface area contributed by atoms with Crippen molar-refractivity contribution >= 4 is 17.5 Å². The van der Waals surface area contributed by atoms with Gasteiger partial charge < -0.3 is 20.4 Å². The van der Waals surface area contributed by atoms with E-state index in [4.69, 9.17) is 5.73 Å². The number of nitrogens with one attached hydrogen (secondary N) is 1. The maximum absolute atomic E-state index is 11.2. The van der Waals surface area contributed by atoms with Crippen LogP contribution in [0, 0.1) is 5.92 Å². The Balaban J connectivity index is 1.52. The van der Waals surface area contributed by atoms with Crippen LogP contribution in [0.4, 0.5) is 0 Å². The second-order valence-corrected chi connectivity index (χ2v) is 6.55. The van der Waals surface area contributed by atoms with Crippen molar-refractivity contribution < 1.29 is 4.79 Å². The van der Waals surface area contributed by atoms with Crippen molar-refractivity contribution in [2.45, 2.75) is 25.7 Å². The molecule has 3 rings (SSSR count). The van der Waals surface area contributed by atoms with E-state index in [1.54, 1.807) is 7.05 Å². The molecule has 0 aliphatic carbocycles. The number of imidazole rings is 1. The number of aliphatic imine (C=N–C) groups is 1. The van der Waals surface area contributed by atoms with E-state index in [1.165, 1.54) is 0 Å². The van der Waals surface area contributed by atoms with Crippen molar-refractivity contribution in [3.8, 4) is 0 Å². The van der Waals surface area contributed by atoms with Gasteiger partial charge in [-0.2, -0.15) is 0 Å². The first-order chi connectivity index (χ1) is 12.2. The summed E-state index contributed by atoms with van der Waals surface area (Å²) in [6, 6.07) is 5.99. The number of likely N-dealkylation sites (tertiary alicyclic amines) is 1. The number of amides is 1. The molecule has 7 heteroatoms. The van der Waals surface area contributed by atoms with Crippen LogP contribution in [0.5, 0.6) is 0 Å². The van der Waals surface area contributed by atoms with Crippen molar-refractivity contribution in [3.05, 3.63) is 36.3 Å². The number of hydrogen-bond acceptors (Lipinski definition) is 3. The molecule has 25 heavy (non-hydrogen) atoms.